The van der Waals surface area contributed by atoms with Crippen LogP contribution in [-0.2, 0) is 11.3 Å². The molecule has 0 radical (unpaired) electrons. The Bertz CT molecular complexity index is 368. The summed E-state index contributed by atoms with van der Waals surface area (Å²) in [4.78, 5) is 4.24. The van der Waals surface area contributed by atoms with Crippen LogP contribution in [0.5, 0.6) is 0 Å². The van der Waals surface area contributed by atoms with E-state index in [2.05, 4.69) is 18.8 Å². The topological polar surface area (TPSA) is 22.1 Å². The quantitative estimate of drug-likeness (QED) is 0.805. The molecule has 0 aromatic carbocycles. The van der Waals surface area contributed by atoms with E-state index in [1.165, 1.54) is 12.8 Å². The third-order valence-corrected chi connectivity index (χ3v) is 3.77. The van der Waals surface area contributed by atoms with Gasteiger partial charge < -0.3 is 4.74 Å². The molecule has 1 saturated carbocycles. The molecule has 17 heavy (non-hydrogen) atoms. The van der Waals surface area contributed by atoms with Gasteiger partial charge in [-0.1, -0.05) is 25.4 Å². The third kappa shape index (κ3) is 3.97. The first-order valence-corrected chi connectivity index (χ1v) is 6.65. The second-order valence-electron chi connectivity index (χ2n) is 5.64. The summed E-state index contributed by atoms with van der Waals surface area (Å²) < 4.78 is 5.90. The zero-order chi connectivity index (χ0) is 12.3. The van der Waals surface area contributed by atoms with Gasteiger partial charge in [0.25, 0.3) is 0 Å². The first-order valence-electron chi connectivity index (χ1n) is 6.27. The van der Waals surface area contributed by atoms with Crippen LogP contribution in [0, 0.1) is 5.41 Å². The summed E-state index contributed by atoms with van der Waals surface area (Å²) >= 11 is 5.91. The molecule has 0 atom stereocenters. The molecule has 2 rings (SSSR count). The van der Waals surface area contributed by atoms with Crippen molar-refractivity contribution in [1.82, 2.24) is 4.98 Å². The first-order chi connectivity index (χ1) is 8.05. The molecule has 0 aliphatic heterocycles. The number of halogens is 1. The predicted octanol–water partition coefficient (Wildman–Crippen LogP) is 4.22. The Morgan fingerprint density at radius 3 is 2.76 bits per heavy atom. The van der Waals surface area contributed by atoms with Gasteiger partial charge in [0.2, 0.25) is 0 Å². The van der Waals surface area contributed by atoms with Crippen molar-refractivity contribution < 1.29 is 4.74 Å². The van der Waals surface area contributed by atoms with Crippen molar-refractivity contribution in [3.05, 3.63) is 29.0 Å². The minimum atomic E-state index is 0.392. The lowest BCUT2D eigenvalue weighted by Crippen LogP contribution is -2.26. The van der Waals surface area contributed by atoms with Gasteiger partial charge in [0.1, 0.15) is 0 Å². The summed E-state index contributed by atoms with van der Waals surface area (Å²) in [6.45, 7) is 5.25. The van der Waals surface area contributed by atoms with Crippen LogP contribution < -0.4 is 0 Å². The molecule has 0 amide bonds. The van der Waals surface area contributed by atoms with Crippen molar-refractivity contribution in [2.24, 2.45) is 5.41 Å². The lowest BCUT2D eigenvalue weighted by atomic mass is 9.76. The molecule has 0 unspecified atom stereocenters. The predicted molar refractivity (Wildman–Crippen MR) is 70.1 cm³/mol. The van der Waals surface area contributed by atoms with Crippen LogP contribution in [0.25, 0.3) is 0 Å². The van der Waals surface area contributed by atoms with E-state index in [4.69, 9.17) is 16.3 Å². The second kappa shape index (κ2) is 5.36. The van der Waals surface area contributed by atoms with E-state index in [1.807, 2.05) is 6.07 Å². The van der Waals surface area contributed by atoms with E-state index in [1.54, 1.807) is 12.3 Å². The van der Waals surface area contributed by atoms with E-state index >= 15 is 0 Å². The summed E-state index contributed by atoms with van der Waals surface area (Å²) in [5.74, 6) is 0. The summed E-state index contributed by atoms with van der Waals surface area (Å²) in [5.41, 5.74) is 1.41. The monoisotopic (exact) mass is 253 g/mol. The Morgan fingerprint density at radius 2 is 2.12 bits per heavy atom. The van der Waals surface area contributed by atoms with Gasteiger partial charge in [0, 0.05) is 11.2 Å². The van der Waals surface area contributed by atoms with Crippen molar-refractivity contribution >= 4 is 11.6 Å². The van der Waals surface area contributed by atoms with Crippen molar-refractivity contribution in [3.8, 4) is 0 Å². The standard InChI is InChI=1S/C14H20ClNO/c1-14(2)6-3-13(4-7-14)17-10-12-9-11(15)5-8-16-12/h5,8-9,13H,3-4,6-7,10H2,1-2H3. The molecule has 1 aromatic heterocycles. The minimum absolute atomic E-state index is 0.392. The van der Waals surface area contributed by atoms with Crippen molar-refractivity contribution in [3.63, 3.8) is 0 Å². The maximum absolute atomic E-state index is 5.91. The Morgan fingerprint density at radius 1 is 1.41 bits per heavy atom. The number of pyridine rings is 1. The summed E-state index contributed by atoms with van der Waals surface area (Å²) in [7, 11) is 0. The Kier molecular flexibility index (Phi) is 4.05. The fraction of sp³-hybridized carbons (Fsp3) is 0.643. The van der Waals surface area contributed by atoms with Crippen LogP contribution in [0.4, 0.5) is 0 Å². The molecule has 1 aromatic rings. The molecule has 3 heteroatoms. The number of hydrogen-bond acceptors (Lipinski definition) is 2. The molecule has 0 N–H and O–H groups in total. The number of nitrogens with zero attached hydrogens (tertiary/aromatic N) is 1. The average Bonchev–Trinajstić information content (AvgIpc) is 2.28. The van der Waals surface area contributed by atoms with Crippen molar-refractivity contribution in [2.75, 3.05) is 0 Å². The summed E-state index contributed by atoms with van der Waals surface area (Å²) in [6, 6.07) is 3.66. The Hall–Kier alpha value is -0.600. The van der Waals surface area contributed by atoms with Crippen LogP contribution in [0.3, 0.4) is 0 Å². The minimum Gasteiger partial charge on any atom is -0.372 e. The van der Waals surface area contributed by atoms with Crippen LogP contribution in [0.1, 0.15) is 45.2 Å². The largest absolute Gasteiger partial charge is 0.372 e. The lowest BCUT2D eigenvalue weighted by Gasteiger charge is -2.34. The van der Waals surface area contributed by atoms with Crippen molar-refractivity contribution in [1.29, 1.82) is 0 Å². The molecule has 1 heterocycles. The molecule has 0 bridgehead atoms. The van der Waals surface area contributed by atoms with Gasteiger partial charge >= 0.3 is 0 Å². The summed E-state index contributed by atoms with van der Waals surface area (Å²) in [6.07, 6.45) is 6.94. The fourth-order valence-corrected chi connectivity index (χ4v) is 2.45. The third-order valence-electron chi connectivity index (χ3n) is 3.53. The van der Waals surface area contributed by atoms with Crippen LogP contribution in [0.15, 0.2) is 18.3 Å². The van der Waals surface area contributed by atoms with Gasteiger partial charge in [-0.3, -0.25) is 4.98 Å². The van der Waals surface area contributed by atoms with Crippen LogP contribution >= 0.6 is 11.6 Å². The molecule has 2 nitrogen and oxygen atoms in total. The Balaban J connectivity index is 1.80. The molecule has 1 aliphatic carbocycles. The highest BCUT2D eigenvalue weighted by Gasteiger charge is 2.27. The van der Waals surface area contributed by atoms with Gasteiger partial charge in [-0.15, -0.1) is 0 Å². The smallest absolute Gasteiger partial charge is 0.0892 e. The molecule has 1 fully saturated rings. The number of rotatable bonds is 3. The fourth-order valence-electron chi connectivity index (χ4n) is 2.27. The van der Waals surface area contributed by atoms with Gasteiger partial charge in [-0.05, 0) is 43.2 Å². The van der Waals surface area contributed by atoms with Gasteiger partial charge in [-0.2, -0.15) is 0 Å². The number of ether oxygens (including phenoxy) is 1. The average molecular weight is 254 g/mol. The molecule has 94 valence electrons. The molecular formula is C14H20ClNO. The van der Waals surface area contributed by atoms with Gasteiger partial charge in [0.05, 0.1) is 18.4 Å². The molecule has 1 aliphatic rings. The number of hydrogen-bond donors (Lipinski definition) is 0. The van der Waals surface area contributed by atoms with E-state index in [0.29, 0.717) is 18.1 Å². The van der Waals surface area contributed by atoms with E-state index in [9.17, 15) is 0 Å². The van der Waals surface area contributed by atoms with Gasteiger partial charge in [0.15, 0.2) is 0 Å². The zero-order valence-corrected chi connectivity index (χ0v) is 11.3. The second-order valence-corrected chi connectivity index (χ2v) is 6.08. The maximum atomic E-state index is 5.91. The highest BCUT2D eigenvalue weighted by Crippen LogP contribution is 2.36. The van der Waals surface area contributed by atoms with E-state index in [0.717, 1.165) is 23.6 Å². The molecular weight excluding hydrogens is 234 g/mol. The summed E-state index contributed by atoms with van der Waals surface area (Å²) in [5, 5.41) is 0.725. The normalized spacial score (nSPS) is 20.4. The van der Waals surface area contributed by atoms with Gasteiger partial charge in [-0.25, -0.2) is 0 Å². The van der Waals surface area contributed by atoms with E-state index in [-0.39, 0.29) is 0 Å². The van der Waals surface area contributed by atoms with Crippen LogP contribution in [0.2, 0.25) is 5.02 Å². The molecule has 0 saturated heterocycles. The number of aromatic nitrogens is 1. The Labute approximate surface area is 108 Å². The SMILES string of the molecule is CC1(C)CCC(OCc2cc(Cl)ccn2)CC1. The first kappa shape index (κ1) is 12.8. The highest BCUT2D eigenvalue weighted by atomic mass is 35.5. The maximum Gasteiger partial charge on any atom is 0.0892 e. The lowest BCUT2D eigenvalue weighted by molar-refractivity contribution is -0.00687. The highest BCUT2D eigenvalue weighted by molar-refractivity contribution is 6.30. The van der Waals surface area contributed by atoms with Crippen LogP contribution in [-0.4, -0.2) is 11.1 Å². The van der Waals surface area contributed by atoms with Crippen molar-refractivity contribution in [2.45, 2.75) is 52.2 Å². The molecule has 0 spiro atoms. The van der Waals surface area contributed by atoms with E-state index < -0.39 is 0 Å². The zero-order valence-electron chi connectivity index (χ0n) is 10.6.